The topological polar surface area (TPSA) is 88.7 Å². The normalized spacial score (nSPS) is 21.1. The highest BCUT2D eigenvalue weighted by Gasteiger charge is 2.42. The summed E-state index contributed by atoms with van der Waals surface area (Å²) in [6.07, 6.45) is 1.41. The van der Waals surface area contributed by atoms with Crippen LogP contribution < -0.4 is 25.4 Å². The zero-order chi connectivity index (χ0) is 18.7. The highest BCUT2D eigenvalue weighted by Crippen LogP contribution is 2.31. The van der Waals surface area contributed by atoms with Crippen molar-refractivity contribution in [1.82, 2.24) is 10.6 Å². The van der Waals surface area contributed by atoms with Crippen molar-refractivity contribution < 1.29 is 27.8 Å². The Bertz CT molecular complexity index is 695. The van der Waals surface area contributed by atoms with Gasteiger partial charge in [0, 0.05) is 24.2 Å². The number of methoxy groups -OCH3 is 1. The van der Waals surface area contributed by atoms with Crippen LogP contribution in [0.4, 0.5) is 14.5 Å². The van der Waals surface area contributed by atoms with E-state index < -0.39 is 30.8 Å². The molecule has 0 spiro atoms. The Kier molecular flexibility index (Phi) is 5.26. The van der Waals surface area contributed by atoms with Crippen molar-refractivity contribution in [1.29, 1.82) is 0 Å². The van der Waals surface area contributed by atoms with Gasteiger partial charge in [0.05, 0.1) is 19.7 Å². The Hall–Kier alpha value is -2.42. The molecule has 142 valence electrons. The quantitative estimate of drug-likeness (QED) is 0.674. The van der Waals surface area contributed by atoms with Crippen LogP contribution in [-0.4, -0.2) is 50.1 Å². The summed E-state index contributed by atoms with van der Waals surface area (Å²) in [6, 6.07) is 3.91. The molecule has 1 aliphatic heterocycles. The number of hydrogen-bond donors (Lipinski definition) is 3. The molecule has 2 aliphatic rings. The highest BCUT2D eigenvalue weighted by atomic mass is 19.3. The lowest BCUT2D eigenvalue weighted by Crippen LogP contribution is -2.35. The first-order valence-corrected chi connectivity index (χ1v) is 8.38. The number of ether oxygens (including phenoxy) is 2. The molecular formula is C17H21F2N3O4. The maximum absolute atomic E-state index is 13.2. The largest absolute Gasteiger partial charge is 0.493 e. The second-order valence-electron chi connectivity index (χ2n) is 6.48. The van der Waals surface area contributed by atoms with E-state index in [1.807, 2.05) is 0 Å². The SMILES string of the molecule is COc1ccc(NC(=O)C2CC(F)(F)CN2)cc1OCC(=O)NC1CC1. The lowest BCUT2D eigenvalue weighted by Gasteiger charge is -2.14. The molecule has 3 rings (SSSR count). The number of nitrogens with one attached hydrogen (secondary N) is 3. The first kappa shape index (κ1) is 18.4. The van der Waals surface area contributed by atoms with Gasteiger partial charge in [-0.05, 0) is 25.0 Å². The number of carbonyl (C=O) groups is 2. The average molecular weight is 369 g/mol. The number of amides is 2. The maximum atomic E-state index is 13.2. The zero-order valence-electron chi connectivity index (χ0n) is 14.3. The molecule has 2 fully saturated rings. The molecule has 1 saturated carbocycles. The minimum atomic E-state index is -2.88. The fourth-order valence-electron chi connectivity index (χ4n) is 2.64. The summed E-state index contributed by atoms with van der Waals surface area (Å²) in [5.41, 5.74) is 0.366. The van der Waals surface area contributed by atoms with Gasteiger partial charge in [0.1, 0.15) is 0 Å². The molecule has 1 heterocycles. The van der Waals surface area contributed by atoms with Crippen molar-refractivity contribution in [3.05, 3.63) is 18.2 Å². The second-order valence-corrected chi connectivity index (χ2v) is 6.48. The van der Waals surface area contributed by atoms with Gasteiger partial charge in [-0.3, -0.25) is 14.9 Å². The minimum absolute atomic E-state index is 0.180. The van der Waals surface area contributed by atoms with Crippen LogP contribution in [0, 0.1) is 0 Å². The van der Waals surface area contributed by atoms with Crippen molar-refractivity contribution in [2.45, 2.75) is 37.3 Å². The monoisotopic (exact) mass is 369 g/mol. The predicted molar refractivity (Wildman–Crippen MR) is 89.6 cm³/mol. The van der Waals surface area contributed by atoms with Crippen LogP contribution in [0.5, 0.6) is 11.5 Å². The summed E-state index contributed by atoms with van der Waals surface area (Å²) in [7, 11) is 1.45. The molecule has 3 N–H and O–H groups in total. The lowest BCUT2D eigenvalue weighted by atomic mass is 10.1. The predicted octanol–water partition coefficient (Wildman–Crippen LogP) is 1.29. The third kappa shape index (κ3) is 4.81. The van der Waals surface area contributed by atoms with Gasteiger partial charge in [0.15, 0.2) is 18.1 Å². The first-order valence-electron chi connectivity index (χ1n) is 8.38. The van der Waals surface area contributed by atoms with Gasteiger partial charge in [0.2, 0.25) is 5.91 Å². The van der Waals surface area contributed by atoms with Crippen LogP contribution in [-0.2, 0) is 9.59 Å². The molecular weight excluding hydrogens is 348 g/mol. The van der Waals surface area contributed by atoms with E-state index in [0.29, 0.717) is 11.4 Å². The summed E-state index contributed by atoms with van der Waals surface area (Å²) in [4.78, 5) is 23.9. The van der Waals surface area contributed by atoms with E-state index in [4.69, 9.17) is 9.47 Å². The molecule has 0 radical (unpaired) electrons. The Morgan fingerprint density at radius 2 is 2.08 bits per heavy atom. The first-order chi connectivity index (χ1) is 12.4. The molecule has 1 unspecified atom stereocenters. The molecule has 7 nitrogen and oxygen atoms in total. The van der Waals surface area contributed by atoms with Gasteiger partial charge in [-0.2, -0.15) is 0 Å². The fraction of sp³-hybridized carbons (Fsp3) is 0.529. The summed E-state index contributed by atoms with van der Waals surface area (Å²) in [5.74, 6) is -3.00. The molecule has 1 aliphatic carbocycles. The Labute approximate surface area is 149 Å². The number of carbonyl (C=O) groups excluding carboxylic acids is 2. The van der Waals surface area contributed by atoms with Gasteiger partial charge in [-0.15, -0.1) is 0 Å². The zero-order valence-corrected chi connectivity index (χ0v) is 14.3. The molecule has 0 aromatic heterocycles. The molecule has 1 atom stereocenters. The van der Waals surface area contributed by atoms with Gasteiger partial charge < -0.3 is 20.1 Å². The molecule has 1 aromatic rings. The summed E-state index contributed by atoms with van der Waals surface area (Å²) >= 11 is 0. The van der Waals surface area contributed by atoms with Crippen LogP contribution in [0.2, 0.25) is 0 Å². The van der Waals surface area contributed by atoms with Gasteiger partial charge in [0.25, 0.3) is 11.8 Å². The Morgan fingerprint density at radius 1 is 1.31 bits per heavy atom. The van der Waals surface area contributed by atoms with Crippen molar-refractivity contribution in [2.75, 3.05) is 25.6 Å². The number of rotatable bonds is 7. The molecule has 26 heavy (non-hydrogen) atoms. The average Bonchev–Trinajstić information content (AvgIpc) is 3.33. The molecule has 1 saturated heterocycles. The summed E-state index contributed by atoms with van der Waals surface area (Å²) in [6.45, 7) is -0.696. The minimum Gasteiger partial charge on any atom is -0.493 e. The standard InChI is InChI=1S/C17H21F2N3O4/c1-25-13-5-4-11(22-16(24)12-7-17(18,19)9-20-12)6-14(13)26-8-15(23)21-10-2-3-10/h4-6,10,12,20H,2-3,7-9H2,1H3,(H,21,23)(H,22,24). The summed E-state index contributed by atoms with van der Waals surface area (Å²) in [5, 5.41) is 7.87. The number of hydrogen-bond acceptors (Lipinski definition) is 5. The van der Waals surface area contributed by atoms with Crippen LogP contribution in [0.15, 0.2) is 18.2 Å². The lowest BCUT2D eigenvalue weighted by molar-refractivity contribution is -0.123. The second kappa shape index (κ2) is 7.45. The van der Waals surface area contributed by atoms with Crippen molar-refractivity contribution >= 4 is 17.5 Å². The van der Waals surface area contributed by atoms with E-state index in [1.165, 1.54) is 13.2 Å². The van der Waals surface area contributed by atoms with E-state index in [9.17, 15) is 18.4 Å². The highest BCUT2D eigenvalue weighted by molar-refractivity contribution is 5.95. The van der Waals surface area contributed by atoms with Gasteiger partial charge in [-0.25, -0.2) is 8.78 Å². The van der Waals surface area contributed by atoms with E-state index in [1.54, 1.807) is 12.1 Å². The summed E-state index contributed by atoms with van der Waals surface area (Å²) < 4.78 is 37.1. The fourth-order valence-corrected chi connectivity index (χ4v) is 2.64. The maximum Gasteiger partial charge on any atom is 0.262 e. The molecule has 1 aromatic carbocycles. The van der Waals surface area contributed by atoms with E-state index in [0.717, 1.165) is 12.8 Å². The Balaban J connectivity index is 1.60. The van der Waals surface area contributed by atoms with E-state index >= 15 is 0 Å². The van der Waals surface area contributed by atoms with E-state index in [-0.39, 0.29) is 24.3 Å². The number of benzene rings is 1. The van der Waals surface area contributed by atoms with Crippen molar-refractivity contribution in [3.8, 4) is 11.5 Å². The van der Waals surface area contributed by atoms with E-state index in [2.05, 4.69) is 16.0 Å². The Morgan fingerprint density at radius 3 is 2.69 bits per heavy atom. The molecule has 9 heteroatoms. The van der Waals surface area contributed by atoms with Gasteiger partial charge >= 0.3 is 0 Å². The van der Waals surface area contributed by atoms with Crippen LogP contribution >= 0.6 is 0 Å². The smallest absolute Gasteiger partial charge is 0.262 e. The third-order valence-electron chi connectivity index (χ3n) is 4.16. The number of halogens is 2. The molecule has 2 amide bonds. The number of anilines is 1. The van der Waals surface area contributed by atoms with Crippen LogP contribution in [0.25, 0.3) is 0 Å². The van der Waals surface area contributed by atoms with Crippen molar-refractivity contribution in [2.24, 2.45) is 0 Å². The van der Waals surface area contributed by atoms with Crippen LogP contribution in [0.1, 0.15) is 19.3 Å². The third-order valence-corrected chi connectivity index (χ3v) is 4.16. The van der Waals surface area contributed by atoms with Crippen LogP contribution in [0.3, 0.4) is 0 Å². The van der Waals surface area contributed by atoms with Crippen molar-refractivity contribution in [3.63, 3.8) is 0 Å². The van der Waals surface area contributed by atoms with Gasteiger partial charge in [-0.1, -0.05) is 0 Å². The number of alkyl halides is 2. The molecule has 0 bridgehead atoms.